The van der Waals surface area contributed by atoms with Crippen molar-refractivity contribution in [3.63, 3.8) is 0 Å². The zero-order valence-electron chi connectivity index (χ0n) is 10.4. The topological polar surface area (TPSA) is 9.23 Å². The van der Waals surface area contributed by atoms with Gasteiger partial charge in [0.2, 0.25) is 0 Å². The van der Waals surface area contributed by atoms with Crippen LogP contribution in [-0.4, -0.2) is 12.2 Å². The maximum atomic E-state index is 6.35. The van der Waals surface area contributed by atoms with E-state index in [0.29, 0.717) is 5.41 Å². The van der Waals surface area contributed by atoms with E-state index in [1.807, 2.05) is 0 Å². The lowest BCUT2D eigenvalue weighted by atomic mass is 9.85. The van der Waals surface area contributed by atoms with Crippen molar-refractivity contribution in [3.05, 3.63) is 0 Å². The predicted octanol–water partition coefficient (Wildman–Crippen LogP) is 3.63. The van der Waals surface area contributed by atoms with Crippen molar-refractivity contribution in [1.82, 2.24) is 0 Å². The van der Waals surface area contributed by atoms with Crippen LogP contribution in [0.2, 0.25) is 0 Å². The van der Waals surface area contributed by atoms with E-state index in [0.717, 1.165) is 24.4 Å². The molecule has 1 heteroatoms. The third kappa shape index (κ3) is 1.63. The molecule has 0 amide bonds. The molecule has 1 heterocycles. The summed E-state index contributed by atoms with van der Waals surface area (Å²) in [6.45, 7) is 8.29. The van der Waals surface area contributed by atoms with Crippen LogP contribution < -0.4 is 0 Å². The lowest BCUT2D eigenvalue weighted by Gasteiger charge is -2.34. The molecule has 0 aromatic rings. The van der Waals surface area contributed by atoms with Crippen LogP contribution in [-0.2, 0) is 4.74 Å². The Labute approximate surface area is 93.6 Å². The Morgan fingerprint density at radius 3 is 2.67 bits per heavy atom. The molecule has 4 atom stereocenters. The van der Waals surface area contributed by atoms with Gasteiger partial charge in [-0.15, -0.1) is 0 Å². The van der Waals surface area contributed by atoms with Gasteiger partial charge in [-0.2, -0.15) is 0 Å². The average molecular weight is 208 g/mol. The van der Waals surface area contributed by atoms with E-state index in [1.54, 1.807) is 0 Å². The summed E-state index contributed by atoms with van der Waals surface area (Å²) < 4.78 is 6.35. The molecule has 3 rings (SSSR count). The molecule has 0 aromatic heterocycles. The van der Waals surface area contributed by atoms with Gasteiger partial charge in [-0.1, -0.05) is 20.8 Å². The smallest absolute Gasteiger partial charge is 0.0713 e. The Balaban J connectivity index is 1.78. The molecule has 1 nitrogen and oxygen atoms in total. The third-order valence-electron chi connectivity index (χ3n) is 5.13. The number of hydrogen-bond donors (Lipinski definition) is 0. The highest BCUT2D eigenvalue weighted by molar-refractivity contribution is 5.03. The SMILES string of the molecule is C[C@@H]1CC(C)(C)C[C@]12CC[C@H]1C[C@H]1CO2. The standard InChI is InChI=1S/C14H24O/c1-10-7-13(2,3)9-14(10)5-4-11-6-12(11)8-15-14/h10-12H,4-9H2,1-3H3/t10-,11+,12+,14-/m1/s1. The van der Waals surface area contributed by atoms with Gasteiger partial charge in [-0.25, -0.2) is 0 Å². The normalized spacial score (nSPS) is 52.6. The first kappa shape index (κ1) is 10.1. The largest absolute Gasteiger partial charge is 0.374 e. The molecule has 1 aliphatic heterocycles. The quantitative estimate of drug-likeness (QED) is 0.590. The maximum absolute atomic E-state index is 6.35. The van der Waals surface area contributed by atoms with Gasteiger partial charge < -0.3 is 4.74 Å². The number of rotatable bonds is 0. The summed E-state index contributed by atoms with van der Waals surface area (Å²) in [5, 5.41) is 0. The summed E-state index contributed by atoms with van der Waals surface area (Å²) in [6.07, 6.45) is 6.86. The summed E-state index contributed by atoms with van der Waals surface area (Å²) in [7, 11) is 0. The van der Waals surface area contributed by atoms with Gasteiger partial charge in [0.15, 0.2) is 0 Å². The molecular weight excluding hydrogens is 184 g/mol. The van der Waals surface area contributed by atoms with Crippen LogP contribution in [0.5, 0.6) is 0 Å². The van der Waals surface area contributed by atoms with E-state index in [4.69, 9.17) is 4.74 Å². The first-order valence-corrected chi connectivity index (χ1v) is 6.65. The van der Waals surface area contributed by atoms with E-state index in [1.165, 1.54) is 32.1 Å². The van der Waals surface area contributed by atoms with Gasteiger partial charge in [0.1, 0.15) is 0 Å². The molecule has 1 spiro atoms. The first-order chi connectivity index (χ1) is 7.01. The van der Waals surface area contributed by atoms with Gasteiger partial charge in [-0.05, 0) is 55.3 Å². The van der Waals surface area contributed by atoms with Crippen molar-refractivity contribution < 1.29 is 4.74 Å². The second-order valence-corrected chi connectivity index (χ2v) is 7.12. The highest BCUT2D eigenvalue weighted by atomic mass is 16.5. The summed E-state index contributed by atoms with van der Waals surface area (Å²) in [5.74, 6) is 2.73. The molecule has 1 saturated heterocycles. The van der Waals surface area contributed by atoms with Crippen molar-refractivity contribution in [1.29, 1.82) is 0 Å². The molecule has 86 valence electrons. The van der Waals surface area contributed by atoms with Crippen LogP contribution in [0, 0.1) is 23.2 Å². The predicted molar refractivity (Wildman–Crippen MR) is 61.7 cm³/mol. The fourth-order valence-electron chi connectivity index (χ4n) is 4.24. The minimum absolute atomic E-state index is 0.261. The van der Waals surface area contributed by atoms with Gasteiger partial charge in [0, 0.05) is 0 Å². The lowest BCUT2D eigenvalue weighted by Crippen LogP contribution is -2.35. The number of ether oxygens (including phenoxy) is 1. The van der Waals surface area contributed by atoms with Crippen molar-refractivity contribution in [2.75, 3.05) is 6.61 Å². The molecule has 0 unspecified atom stereocenters. The fraction of sp³-hybridized carbons (Fsp3) is 1.00. The zero-order chi connectivity index (χ0) is 10.7. The fourth-order valence-corrected chi connectivity index (χ4v) is 4.24. The second-order valence-electron chi connectivity index (χ2n) is 7.12. The molecular formula is C14H24O. The summed E-state index contributed by atoms with van der Waals surface area (Å²) in [4.78, 5) is 0. The molecule has 2 aliphatic carbocycles. The summed E-state index contributed by atoms with van der Waals surface area (Å²) in [5.41, 5.74) is 0.769. The Morgan fingerprint density at radius 2 is 2.00 bits per heavy atom. The van der Waals surface area contributed by atoms with Crippen LogP contribution in [0.3, 0.4) is 0 Å². The lowest BCUT2D eigenvalue weighted by molar-refractivity contribution is -0.0753. The van der Waals surface area contributed by atoms with Gasteiger partial charge in [-0.3, -0.25) is 0 Å². The van der Waals surface area contributed by atoms with Crippen molar-refractivity contribution in [2.24, 2.45) is 23.2 Å². The molecule has 0 aromatic carbocycles. The van der Waals surface area contributed by atoms with Crippen LogP contribution >= 0.6 is 0 Å². The van der Waals surface area contributed by atoms with Crippen LogP contribution in [0.15, 0.2) is 0 Å². The molecule has 0 radical (unpaired) electrons. The molecule has 2 saturated carbocycles. The molecule has 3 aliphatic rings. The van der Waals surface area contributed by atoms with E-state index in [2.05, 4.69) is 20.8 Å². The zero-order valence-corrected chi connectivity index (χ0v) is 10.4. The van der Waals surface area contributed by atoms with Crippen LogP contribution in [0.1, 0.15) is 52.9 Å². The second kappa shape index (κ2) is 3.00. The number of hydrogen-bond acceptors (Lipinski definition) is 1. The minimum Gasteiger partial charge on any atom is -0.374 e. The first-order valence-electron chi connectivity index (χ1n) is 6.65. The summed E-state index contributed by atoms with van der Waals surface area (Å²) in [6, 6.07) is 0. The van der Waals surface area contributed by atoms with Gasteiger partial charge >= 0.3 is 0 Å². The van der Waals surface area contributed by atoms with Crippen molar-refractivity contribution in [2.45, 2.75) is 58.5 Å². The number of fused-ring (bicyclic) bond motifs is 1. The maximum Gasteiger partial charge on any atom is 0.0713 e. The van der Waals surface area contributed by atoms with Crippen LogP contribution in [0.4, 0.5) is 0 Å². The van der Waals surface area contributed by atoms with Crippen molar-refractivity contribution in [3.8, 4) is 0 Å². The van der Waals surface area contributed by atoms with Gasteiger partial charge in [0.25, 0.3) is 0 Å². The average Bonchev–Trinajstić information content (AvgIpc) is 2.81. The van der Waals surface area contributed by atoms with Crippen LogP contribution in [0.25, 0.3) is 0 Å². The molecule has 3 fully saturated rings. The Bertz CT molecular complexity index is 257. The van der Waals surface area contributed by atoms with Crippen molar-refractivity contribution >= 4 is 0 Å². The summed E-state index contributed by atoms with van der Waals surface area (Å²) >= 11 is 0. The Hall–Kier alpha value is -0.0400. The van der Waals surface area contributed by atoms with E-state index in [9.17, 15) is 0 Å². The highest BCUT2D eigenvalue weighted by Crippen LogP contribution is 2.56. The molecule has 0 bridgehead atoms. The minimum atomic E-state index is 0.261. The molecule has 15 heavy (non-hydrogen) atoms. The molecule has 0 N–H and O–H groups in total. The van der Waals surface area contributed by atoms with Gasteiger partial charge in [0.05, 0.1) is 12.2 Å². The van der Waals surface area contributed by atoms with E-state index >= 15 is 0 Å². The highest BCUT2D eigenvalue weighted by Gasteiger charge is 2.53. The Kier molecular flexibility index (Phi) is 2.03. The Morgan fingerprint density at radius 1 is 1.20 bits per heavy atom. The van der Waals surface area contributed by atoms with E-state index in [-0.39, 0.29) is 5.60 Å². The monoisotopic (exact) mass is 208 g/mol. The third-order valence-corrected chi connectivity index (χ3v) is 5.13. The van der Waals surface area contributed by atoms with E-state index < -0.39 is 0 Å².